The molecule has 0 aromatic heterocycles. The standard InChI is InChI=1S/C21H40O5/c1-5-16-18(23)19(24)20(26-16)25-15-13-11-9-7-6-8-10-12-14-17(22)21(2,3)4/h16,18-20,23-24H,5-15H2,1-4H3/t16-,18?,19?,20+/m0/s1. The van der Waals surface area contributed by atoms with Crippen molar-refractivity contribution in [2.24, 2.45) is 5.41 Å². The van der Waals surface area contributed by atoms with Gasteiger partial charge in [-0.3, -0.25) is 4.79 Å². The first-order valence-electron chi connectivity index (χ1n) is 10.4. The van der Waals surface area contributed by atoms with Crippen LogP contribution in [0.2, 0.25) is 0 Å². The molecule has 26 heavy (non-hydrogen) atoms. The summed E-state index contributed by atoms with van der Waals surface area (Å²) in [7, 11) is 0. The molecule has 2 unspecified atom stereocenters. The fourth-order valence-electron chi connectivity index (χ4n) is 3.21. The zero-order chi connectivity index (χ0) is 19.6. The van der Waals surface area contributed by atoms with Crippen molar-refractivity contribution in [3.63, 3.8) is 0 Å². The van der Waals surface area contributed by atoms with Gasteiger partial charge >= 0.3 is 0 Å². The summed E-state index contributed by atoms with van der Waals surface area (Å²) in [6.07, 6.45) is 7.60. The minimum atomic E-state index is -0.940. The molecule has 0 amide bonds. The molecule has 4 atom stereocenters. The minimum absolute atomic E-state index is 0.197. The second-order valence-electron chi connectivity index (χ2n) is 8.55. The van der Waals surface area contributed by atoms with E-state index in [1.165, 1.54) is 25.7 Å². The smallest absolute Gasteiger partial charge is 0.186 e. The Bertz CT molecular complexity index is 390. The minimum Gasteiger partial charge on any atom is -0.387 e. The molecule has 1 fully saturated rings. The maximum atomic E-state index is 11.8. The van der Waals surface area contributed by atoms with Crippen LogP contribution in [0, 0.1) is 5.41 Å². The summed E-state index contributed by atoms with van der Waals surface area (Å²) in [5.74, 6) is 0.367. The molecule has 0 aromatic rings. The summed E-state index contributed by atoms with van der Waals surface area (Å²) in [6.45, 7) is 8.44. The Morgan fingerprint density at radius 2 is 1.46 bits per heavy atom. The Balaban J connectivity index is 1.90. The van der Waals surface area contributed by atoms with E-state index in [0.29, 0.717) is 25.2 Å². The third kappa shape index (κ3) is 8.47. The van der Waals surface area contributed by atoms with Gasteiger partial charge in [-0.05, 0) is 19.3 Å². The molecule has 0 aliphatic carbocycles. The zero-order valence-electron chi connectivity index (χ0n) is 17.2. The van der Waals surface area contributed by atoms with Gasteiger partial charge in [-0.15, -0.1) is 0 Å². The van der Waals surface area contributed by atoms with Gasteiger partial charge in [-0.1, -0.05) is 66.2 Å². The fraction of sp³-hybridized carbons (Fsp3) is 0.952. The second-order valence-corrected chi connectivity index (χ2v) is 8.55. The highest BCUT2D eigenvalue weighted by Gasteiger charge is 2.42. The number of ether oxygens (including phenoxy) is 2. The second kappa shape index (κ2) is 12.1. The maximum Gasteiger partial charge on any atom is 0.186 e. The van der Waals surface area contributed by atoms with Gasteiger partial charge in [-0.25, -0.2) is 0 Å². The monoisotopic (exact) mass is 372 g/mol. The van der Waals surface area contributed by atoms with Crippen LogP contribution in [0.1, 0.15) is 91.9 Å². The number of carbonyl (C=O) groups is 1. The van der Waals surface area contributed by atoms with Crippen molar-refractivity contribution < 1.29 is 24.5 Å². The SMILES string of the molecule is CC[C@@H]1O[C@@H](OCCCCCCCCCCC(=O)C(C)(C)C)C(O)C1O. The Labute approximate surface area is 159 Å². The summed E-state index contributed by atoms with van der Waals surface area (Å²) in [5, 5.41) is 19.6. The normalized spacial score (nSPS) is 26.4. The molecule has 154 valence electrons. The third-order valence-electron chi connectivity index (χ3n) is 5.14. The number of aliphatic hydroxyl groups excluding tert-OH is 2. The van der Waals surface area contributed by atoms with Crippen molar-refractivity contribution in [1.29, 1.82) is 0 Å². The molecule has 1 saturated heterocycles. The van der Waals surface area contributed by atoms with Gasteiger partial charge in [0.15, 0.2) is 6.29 Å². The molecule has 0 radical (unpaired) electrons. The van der Waals surface area contributed by atoms with E-state index in [2.05, 4.69) is 0 Å². The highest BCUT2D eigenvalue weighted by molar-refractivity contribution is 5.83. The third-order valence-corrected chi connectivity index (χ3v) is 5.14. The van der Waals surface area contributed by atoms with Crippen molar-refractivity contribution in [2.75, 3.05) is 6.61 Å². The Kier molecular flexibility index (Phi) is 10.9. The van der Waals surface area contributed by atoms with Gasteiger partial charge in [0, 0.05) is 18.4 Å². The number of rotatable bonds is 13. The summed E-state index contributed by atoms with van der Waals surface area (Å²) >= 11 is 0. The Morgan fingerprint density at radius 3 is 1.96 bits per heavy atom. The molecule has 1 aliphatic rings. The van der Waals surface area contributed by atoms with Crippen LogP contribution in [0.3, 0.4) is 0 Å². The highest BCUT2D eigenvalue weighted by Crippen LogP contribution is 2.24. The topological polar surface area (TPSA) is 76.0 Å². The van der Waals surface area contributed by atoms with Crippen molar-refractivity contribution in [3.05, 3.63) is 0 Å². The summed E-state index contributed by atoms with van der Waals surface area (Å²) in [4.78, 5) is 11.8. The first-order valence-corrected chi connectivity index (χ1v) is 10.4. The predicted octanol–water partition coefficient (Wildman–Crippen LogP) is 3.99. The molecule has 1 heterocycles. The Hall–Kier alpha value is -0.490. The van der Waals surface area contributed by atoms with Gasteiger partial charge in [0.25, 0.3) is 0 Å². The van der Waals surface area contributed by atoms with Crippen molar-refractivity contribution >= 4 is 5.78 Å². The summed E-state index contributed by atoms with van der Waals surface area (Å²) in [5.41, 5.74) is -0.197. The first kappa shape index (κ1) is 23.5. The van der Waals surface area contributed by atoms with Crippen molar-refractivity contribution in [2.45, 2.75) is 117 Å². The van der Waals surface area contributed by atoms with Gasteiger partial charge < -0.3 is 19.7 Å². The van der Waals surface area contributed by atoms with E-state index < -0.39 is 18.5 Å². The number of aliphatic hydroxyl groups is 2. The van der Waals surface area contributed by atoms with Crippen molar-refractivity contribution in [3.8, 4) is 0 Å². The highest BCUT2D eigenvalue weighted by atomic mass is 16.7. The molecule has 5 heteroatoms. The van der Waals surface area contributed by atoms with Crippen LogP contribution in [0.15, 0.2) is 0 Å². The largest absolute Gasteiger partial charge is 0.387 e. The number of ketones is 1. The number of carbonyl (C=O) groups excluding carboxylic acids is 1. The number of unbranched alkanes of at least 4 members (excludes halogenated alkanes) is 7. The van der Waals surface area contributed by atoms with E-state index in [1.807, 2.05) is 27.7 Å². The molecule has 1 rings (SSSR count). The summed E-state index contributed by atoms with van der Waals surface area (Å²) < 4.78 is 11.1. The Morgan fingerprint density at radius 1 is 0.923 bits per heavy atom. The molecule has 2 N–H and O–H groups in total. The van der Waals surface area contributed by atoms with Crippen LogP contribution in [-0.4, -0.2) is 47.2 Å². The average molecular weight is 373 g/mol. The number of hydrogen-bond donors (Lipinski definition) is 2. The van der Waals surface area contributed by atoms with E-state index in [1.54, 1.807) is 0 Å². The molecular formula is C21H40O5. The van der Waals surface area contributed by atoms with E-state index in [0.717, 1.165) is 25.7 Å². The average Bonchev–Trinajstić information content (AvgIpc) is 2.86. The molecule has 0 saturated carbocycles. The molecule has 0 aromatic carbocycles. The van der Waals surface area contributed by atoms with E-state index in [9.17, 15) is 15.0 Å². The molecular weight excluding hydrogens is 332 g/mol. The molecule has 5 nitrogen and oxygen atoms in total. The fourth-order valence-corrected chi connectivity index (χ4v) is 3.21. The lowest BCUT2D eigenvalue weighted by atomic mass is 9.88. The van der Waals surface area contributed by atoms with E-state index >= 15 is 0 Å². The van der Waals surface area contributed by atoms with Crippen LogP contribution < -0.4 is 0 Å². The van der Waals surface area contributed by atoms with Gasteiger partial charge in [-0.2, -0.15) is 0 Å². The lowest BCUT2D eigenvalue weighted by molar-refractivity contribution is -0.166. The quantitative estimate of drug-likeness (QED) is 0.478. The van der Waals surface area contributed by atoms with E-state index in [4.69, 9.17) is 9.47 Å². The van der Waals surface area contributed by atoms with Crippen LogP contribution >= 0.6 is 0 Å². The number of Topliss-reactive ketones (excluding diaryl/α,β-unsaturated/α-hetero) is 1. The van der Waals surface area contributed by atoms with Crippen molar-refractivity contribution in [1.82, 2.24) is 0 Å². The van der Waals surface area contributed by atoms with Crippen LogP contribution in [0.25, 0.3) is 0 Å². The number of hydrogen-bond acceptors (Lipinski definition) is 5. The van der Waals surface area contributed by atoms with Gasteiger partial charge in [0.05, 0.1) is 6.10 Å². The lowest BCUT2D eigenvalue weighted by Gasteiger charge is -2.16. The van der Waals surface area contributed by atoms with Gasteiger partial charge in [0.1, 0.15) is 18.0 Å². The lowest BCUT2D eigenvalue weighted by Crippen LogP contribution is -2.33. The summed E-state index contributed by atoms with van der Waals surface area (Å²) in [6, 6.07) is 0. The van der Waals surface area contributed by atoms with Crippen LogP contribution in [0.5, 0.6) is 0 Å². The molecule has 0 spiro atoms. The van der Waals surface area contributed by atoms with Crippen LogP contribution in [-0.2, 0) is 14.3 Å². The zero-order valence-corrected chi connectivity index (χ0v) is 17.2. The maximum absolute atomic E-state index is 11.8. The van der Waals surface area contributed by atoms with E-state index in [-0.39, 0.29) is 11.5 Å². The van der Waals surface area contributed by atoms with Crippen LogP contribution in [0.4, 0.5) is 0 Å². The predicted molar refractivity (Wildman–Crippen MR) is 103 cm³/mol. The molecule has 1 aliphatic heterocycles. The molecule has 0 bridgehead atoms. The van der Waals surface area contributed by atoms with Gasteiger partial charge in [0.2, 0.25) is 0 Å². The first-order chi connectivity index (χ1) is 12.3.